The number of nitriles is 1. The number of halogens is 1. The summed E-state index contributed by atoms with van der Waals surface area (Å²) in [5.74, 6) is 2.02. The van der Waals surface area contributed by atoms with E-state index in [4.69, 9.17) is 11.6 Å². The van der Waals surface area contributed by atoms with Gasteiger partial charge < -0.3 is 10.2 Å². The third-order valence-corrected chi connectivity index (χ3v) is 6.49. The molecule has 0 radical (unpaired) electrons. The first kappa shape index (κ1) is 17.9. The maximum Gasteiger partial charge on any atom is 0.233 e. The van der Waals surface area contributed by atoms with E-state index in [9.17, 15) is 5.26 Å². The highest BCUT2D eigenvalue weighted by Crippen LogP contribution is 2.47. The molecule has 2 fully saturated rings. The minimum atomic E-state index is -0.304. The van der Waals surface area contributed by atoms with Gasteiger partial charge >= 0.3 is 0 Å². The fourth-order valence-corrected chi connectivity index (χ4v) is 5.11. The Balaban J connectivity index is 1.93. The van der Waals surface area contributed by atoms with E-state index in [1.54, 1.807) is 11.8 Å². The fourth-order valence-electron chi connectivity index (χ4n) is 2.78. The summed E-state index contributed by atoms with van der Waals surface area (Å²) >= 11 is 9.73. The maximum atomic E-state index is 9.74. The first-order chi connectivity index (χ1) is 11.4. The second kappa shape index (κ2) is 7.14. The molecule has 1 N–H and O–H groups in total. The van der Waals surface area contributed by atoms with E-state index in [2.05, 4.69) is 46.4 Å². The van der Waals surface area contributed by atoms with Crippen molar-refractivity contribution in [2.45, 2.75) is 55.3 Å². The van der Waals surface area contributed by atoms with Gasteiger partial charge in [0.1, 0.15) is 6.04 Å². The zero-order chi connectivity index (χ0) is 17.3. The third-order valence-electron chi connectivity index (χ3n) is 4.12. The molecule has 1 aromatic rings. The summed E-state index contributed by atoms with van der Waals surface area (Å²) in [7, 11) is 0. The molecule has 0 spiro atoms. The summed E-state index contributed by atoms with van der Waals surface area (Å²) in [5.41, 5.74) is 0. The van der Waals surface area contributed by atoms with Crippen molar-refractivity contribution in [3.63, 3.8) is 0 Å². The summed E-state index contributed by atoms with van der Waals surface area (Å²) in [5, 5.41) is 13.3. The second-order valence-electron chi connectivity index (χ2n) is 6.54. The van der Waals surface area contributed by atoms with Crippen LogP contribution < -0.4 is 10.2 Å². The van der Waals surface area contributed by atoms with E-state index in [1.165, 1.54) is 0 Å². The molecule has 2 unspecified atom stereocenters. The Bertz CT molecular complexity index is 645. The van der Waals surface area contributed by atoms with E-state index in [-0.39, 0.29) is 21.4 Å². The minimum absolute atomic E-state index is 0.157. The summed E-state index contributed by atoms with van der Waals surface area (Å²) in [6.45, 7) is 4.20. The summed E-state index contributed by atoms with van der Waals surface area (Å²) in [6, 6.07) is 2.56. The molecular weight excluding hydrogens is 364 g/mol. The van der Waals surface area contributed by atoms with Gasteiger partial charge in [-0.25, -0.2) is 0 Å². The number of nitrogens with zero attached hydrogens (tertiary/aromatic N) is 5. The second-order valence-corrected chi connectivity index (χ2v) is 9.70. The van der Waals surface area contributed by atoms with Crippen LogP contribution in [0.25, 0.3) is 0 Å². The zero-order valence-electron chi connectivity index (χ0n) is 14.0. The van der Waals surface area contributed by atoms with Gasteiger partial charge in [-0.05, 0) is 56.7 Å². The first-order valence-electron chi connectivity index (χ1n) is 7.97. The molecule has 1 aromatic heterocycles. The number of rotatable bonds is 6. The van der Waals surface area contributed by atoms with Crippen LogP contribution in [0.5, 0.6) is 0 Å². The van der Waals surface area contributed by atoms with Crippen LogP contribution in [-0.4, -0.2) is 49.2 Å². The Hall–Kier alpha value is -0.910. The molecule has 2 heterocycles. The largest absolute Gasteiger partial charge is 0.351 e. The minimum Gasteiger partial charge on any atom is -0.351 e. The molecule has 6 nitrogen and oxygen atoms in total. The van der Waals surface area contributed by atoms with Crippen molar-refractivity contribution in [2.75, 3.05) is 22.2 Å². The standard InChI is InChI=1S/C15H21ClN6S2/c1-15(2)10(8-17)22(11(24-15)6-7-23-3)14-20-12(16)19-13(21-14)18-9-4-5-9/h9-11H,4-7H2,1-3H3,(H,18,19,20,21). The molecular formula is C15H21ClN6S2. The lowest BCUT2D eigenvalue weighted by Gasteiger charge is -2.28. The number of anilines is 2. The lowest BCUT2D eigenvalue weighted by Crippen LogP contribution is -2.42. The number of nitrogens with one attached hydrogen (secondary N) is 1. The molecule has 9 heteroatoms. The van der Waals surface area contributed by atoms with Crippen LogP contribution in [-0.2, 0) is 0 Å². The monoisotopic (exact) mass is 384 g/mol. The highest BCUT2D eigenvalue weighted by molar-refractivity contribution is 8.01. The topological polar surface area (TPSA) is 77.7 Å². The van der Waals surface area contributed by atoms with Gasteiger partial charge in [-0.1, -0.05) is 0 Å². The van der Waals surface area contributed by atoms with E-state index in [0.717, 1.165) is 25.0 Å². The van der Waals surface area contributed by atoms with Crippen LogP contribution in [0.2, 0.25) is 5.28 Å². The van der Waals surface area contributed by atoms with Crippen LogP contribution in [0.1, 0.15) is 33.1 Å². The predicted octanol–water partition coefficient (Wildman–Crippen LogP) is 3.40. The van der Waals surface area contributed by atoms with Crippen LogP contribution in [0, 0.1) is 11.3 Å². The van der Waals surface area contributed by atoms with Gasteiger partial charge in [0.05, 0.1) is 11.4 Å². The zero-order valence-corrected chi connectivity index (χ0v) is 16.4. The third kappa shape index (κ3) is 3.84. The summed E-state index contributed by atoms with van der Waals surface area (Å²) < 4.78 is -0.193. The van der Waals surface area contributed by atoms with E-state index >= 15 is 0 Å². The SMILES string of the molecule is CSCCC1SC(C)(C)C(C#N)N1c1nc(Cl)nc(NC2CC2)n1. The van der Waals surface area contributed by atoms with Gasteiger partial charge in [0.25, 0.3) is 0 Å². The molecule has 24 heavy (non-hydrogen) atoms. The lowest BCUT2D eigenvalue weighted by molar-refractivity contribution is 0.588. The molecule has 0 bridgehead atoms. The maximum absolute atomic E-state index is 9.74. The molecule has 3 rings (SSSR count). The molecule has 2 atom stereocenters. The Labute approximate surface area is 156 Å². The molecule has 1 aliphatic carbocycles. The molecule has 1 aliphatic heterocycles. The lowest BCUT2D eigenvalue weighted by atomic mass is 10.0. The van der Waals surface area contributed by atoms with Gasteiger partial charge in [-0.2, -0.15) is 32.0 Å². The highest BCUT2D eigenvalue weighted by Gasteiger charge is 2.48. The normalized spacial score (nSPS) is 25.5. The quantitative estimate of drug-likeness (QED) is 0.799. The van der Waals surface area contributed by atoms with Gasteiger partial charge in [0.15, 0.2) is 0 Å². The molecule has 1 saturated carbocycles. The number of hydrogen-bond donors (Lipinski definition) is 1. The molecule has 2 aliphatic rings. The van der Waals surface area contributed by atoms with Gasteiger partial charge in [-0.3, -0.25) is 0 Å². The highest BCUT2D eigenvalue weighted by atomic mass is 35.5. The number of hydrogen-bond acceptors (Lipinski definition) is 8. The average Bonchev–Trinajstić information content (AvgIpc) is 3.27. The smallest absolute Gasteiger partial charge is 0.233 e. The molecule has 1 saturated heterocycles. The number of thioether (sulfide) groups is 2. The van der Waals surface area contributed by atoms with Crippen molar-refractivity contribution >= 4 is 47.0 Å². The van der Waals surface area contributed by atoms with E-state index < -0.39 is 0 Å². The van der Waals surface area contributed by atoms with Gasteiger partial charge in [0, 0.05) is 10.8 Å². The predicted molar refractivity (Wildman–Crippen MR) is 102 cm³/mol. The van der Waals surface area contributed by atoms with Crippen LogP contribution in [0.15, 0.2) is 0 Å². The Morgan fingerprint density at radius 3 is 2.79 bits per heavy atom. The summed E-state index contributed by atoms with van der Waals surface area (Å²) in [4.78, 5) is 15.1. The van der Waals surface area contributed by atoms with E-state index in [0.29, 0.717) is 17.9 Å². The van der Waals surface area contributed by atoms with Crippen LogP contribution in [0.4, 0.5) is 11.9 Å². The van der Waals surface area contributed by atoms with Gasteiger partial charge in [-0.15, -0.1) is 11.8 Å². The Kier molecular flexibility index (Phi) is 5.33. The summed E-state index contributed by atoms with van der Waals surface area (Å²) in [6.07, 6.45) is 5.31. The first-order valence-corrected chi connectivity index (χ1v) is 10.6. The van der Waals surface area contributed by atoms with Crippen molar-refractivity contribution in [3.8, 4) is 6.07 Å². The van der Waals surface area contributed by atoms with Crippen molar-refractivity contribution in [1.29, 1.82) is 5.26 Å². The molecule has 0 aromatic carbocycles. The van der Waals surface area contributed by atoms with Gasteiger partial charge in [0.2, 0.25) is 17.2 Å². The molecule has 0 amide bonds. The van der Waals surface area contributed by atoms with Crippen molar-refractivity contribution in [3.05, 3.63) is 5.28 Å². The van der Waals surface area contributed by atoms with Crippen molar-refractivity contribution in [1.82, 2.24) is 15.0 Å². The fraction of sp³-hybridized carbons (Fsp3) is 0.733. The van der Waals surface area contributed by atoms with Crippen LogP contribution in [0.3, 0.4) is 0 Å². The Morgan fingerprint density at radius 2 is 2.17 bits per heavy atom. The molecule has 130 valence electrons. The van der Waals surface area contributed by atoms with Crippen molar-refractivity contribution in [2.24, 2.45) is 0 Å². The van der Waals surface area contributed by atoms with E-state index in [1.807, 2.05) is 16.7 Å². The number of aromatic nitrogens is 3. The van der Waals surface area contributed by atoms with Crippen LogP contribution >= 0.6 is 35.1 Å². The Morgan fingerprint density at radius 1 is 1.42 bits per heavy atom. The average molecular weight is 385 g/mol. The van der Waals surface area contributed by atoms with Crippen molar-refractivity contribution < 1.29 is 0 Å².